The average molecular weight is 261 g/mol. The Balaban J connectivity index is 1.76. The fraction of sp³-hybridized carbons (Fsp3) is 0.0909. The van der Waals surface area contributed by atoms with Crippen LogP contribution in [0.25, 0.3) is 5.65 Å². The molecule has 18 heavy (non-hydrogen) atoms. The van der Waals surface area contributed by atoms with Crippen LogP contribution in [0.2, 0.25) is 5.02 Å². The third-order valence-electron chi connectivity index (χ3n) is 2.43. The lowest BCUT2D eigenvalue weighted by atomic mass is 10.2. The third-order valence-corrected chi connectivity index (χ3v) is 2.67. The van der Waals surface area contributed by atoms with Crippen LogP contribution >= 0.6 is 11.6 Å². The molecule has 0 spiro atoms. The van der Waals surface area contributed by atoms with E-state index in [1.165, 1.54) is 4.63 Å². The standard InChI is InChI=1S/C11H9ClN6/c12-9-3-1-2-8(6-9)7-13-10-4-5-11-14-16-17-18(11)15-10/h1-6H,7H2,(H,13,15). The highest BCUT2D eigenvalue weighted by atomic mass is 35.5. The Hall–Kier alpha value is -2.21. The molecule has 6 nitrogen and oxygen atoms in total. The predicted octanol–water partition coefficient (Wildman–Crippen LogP) is 1.78. The van der Waals surface area contributed by atoms with Gasteiger partial charge in [0.1, 0.15) is 5.82 Å². The van der Waals surface area contributed by atoms with Gasteiger partial charge in [0, 0.05) is 11.6 Å². The molecule has 0 unspecified atom stereocenters. The van der Waals surface area contributed by atoms with Crippen LogP contribution in [-0.2, 0) is 6.54 Å². The molecule has 1 N–H and O–H groups in total. The predicted molar refractivity (Wildman–Crippen MR) is 67.4 cm³/mol. The van der Waals surface area contributed by atoms with Crippen LogP contribution in [0.15, 0.2) is 36.4 Å². The summed E-state index contributed by atoms with van der Waals surface area (Å²) in [6.07, 6.45) is 0. The van der Waals surface area contributed by atoms with Gasteiger partial charge in [-0.3, -0.25) is 0 Å². The van der Waals surface area contributed by atoms with E-state index in [1.54, 1.807) is 6.07 Å². The normalized spacial score (nSPS) is 10.7. The number of rotatable bonds is 3. The molecule has 0 atom stereocenters. The van der Waals surface area contributed by atoms with E-state index in [0.29, 0.717) is 18.0 Å². The molecule has 0 aliphatic rings. The van der Waals surface area contributed by atoms with Crippen molar-refractivity contribution in [1.82, 2.24) is 25.3 Å². The van der Waals surface area contributed by atoms with Crippen molar-refractivity contribution in [3.05, 3.63) is 47.0 Å². The molecule has 0 fully saturated rings. The molecule has 0 aliphatic carbocycles. The Labute approximate surface area is 108 Å². The van der Waals surface area contributed by atoms with Gasteiger partial charge in [-0.25, -0.2) is 0 Å². The number of anilines is 1. The summed E-state index contributed by atoms with van der Waals surface area (Å²) < 4.78 is 1.38. The first-order valence-electron chi connectivity index (χ1n) is 5.35. The maximum absolute atomic E-state index is 5.92. The molecule has 0 aliphatic heterocycles. The molecule has 1 aromatic carbocycles. The van der Waals surface area contributed by atoms with Crippen molar-refractivity contribution in [2.24, 2.45) is 0 Å². The van der Waals surface area contributed by atoms with E-state index in [-0.39, 0.29) is 0 Å². The van der Waals surface area contributed by atoms with Gasteiger partial charge in [-0.2, -0.15) is 0 Å². The number of halogens is 1. The van der Waals surface area contributed by atoms with Crippen LogP contribution in [0.1, 0.15) is 5.56 Å². The second-order valence-electron chi connectivity index (χ2n) is 3.73. The molecule has 0 radical (unpaired) electrons. The molecular weight excluding hydrogens is 252 g/mol. The fourth-order valence-corrected chi connectivity index (χ4v) is 1.80. The van der Waals surface area contributed by atoms with Crippen molar-refractivity contribution in [2.75, 3.05) is 5.32 Å². The average Bonchev–Trinajstić information content (AvgIpc) is 2.84. The van der Waals surface area contributed by atoms with Crippen molar-refractivity contribution >= 4 is 23.1 Å². The number of aromatic nitrogens is 5. The minimum absolute atomic E-state index is 0.614. The monoisotopic (exact) mass is 260 g/mol. The minimum Gasteiger partial charge on any atom is -0.365 e. The number of tetrazole rings is 1. The lowest BCUT2D eigenvalue weighted by Gasteiger charge is -2.05. The van der Waals surface area contributed by atoms with E-state index in [0.717, 1.165) is 10.6 Å². The van der Waals surface area contributed by atoms with Crippen LogP contribution in [0.5, 0.6) is 0 Å². The van der Waals surface area contributed by atoms with Crippen LogP contribution in [0.3, 0.4) is 0 Å². The highest BCUT2D eigenvalue weighted by Crippen LogP contribution is 2.12. The van der Waals surface area contributed by atoms with E-state index < -0.39 is 0 Å². The zero-order chi connectivity index (χ0) is 12.4. The second kappa shape index (κ2) is 4.58. The van der Waals surface area contributed by atoms with Crippen LogP contribution in [0.4, 0.5) is 5.82 Å². The van der Waals surface area contributed by atoms with Crippen molar-refractivity contribution in [2.45, 2.75) is 6.54 Å². The smallest absolute Gasteiger partial charge is 0.200 e. The van der Waals surface area contributed by atoms with E-state index in [1.807, 2.05) is 30.3 Å². The summed E-state index contributed by atoms with van der Waals surface area (Å²) in [4.78, 5) is 0. The molecule has 0 bridgehead atoms. The number of nitrogens with zero attached hydrogens (tertiary/aromatic N) is 5. The summed E-state index contributed by atoms with van der Waals surface area (Å²) in [5, 5.41) is 19.2. The van der Waals surface area contributed by atoms with Gasteiger partial charge in [-0.1, -0.05) is 23.7 Å². The molecule has 2 heterocycles. The molecule has 90 valence electrons. The molecule has 0 amide bonds. The second-order valence-corrected chi connectivity index (χ2v) is 4.17. The first-order chi connectivity index (χ1) is 8.81. The van der Waals surface area contributed by atoms with Crippen LogP contribution < -0.4 is 5.32 Å². The van der Waals surface area contributed by atoms with Crippen LogP contribution in [0, 0.1) is 0 Å². The summed E-state index contributed by atoms with van der Waals surface area (Å²) >= 11 is 5.92. The summed E-state index contributed by atoms with van der Waals surface area (Å²) in [6.45, 7) is 0.640. The highest BCUT2D eigenvalue weighted by molar-refractivity contribution is 6.30. The van der Waals surface area contributed by atoms with Gasteiger partial charge in [0.15, 0.2) is 5.65 Å². The molecule has 7 heteroatoms. The van der Waals surface area contributed by atoms with Gasteiger partial charge in [0.2, 0.25) is 0 Å². The Bertz CT molecular complexity index is 680. The summed E-state index contributed by atoms with van der Waals surface area (Å²) in [6, 6.07) is 11.3. The Morgan fingerprint density at radius 3 is 3.06 bits per heavy atom. The number of nitrogens with one attached hydrogen (secondary N) is 1. The number of fused-ring (bicyclic) bond motifs is 1. The summed E-state index contributed by atoms with van der Waals surface area (Å²) in [5.41, 5.74) is 1.70. The van der Waals surface area contributed by atoms with Crippen LogP contribution in [-0.4, -0.2) is 25.3 Å². The first kappa shape index (κ1) is 10.9. The van der Waals surface area contributed by atoms with E-state index in [4.69, 9.17) is 11.6 Å². The fourth-order valence-electron chi connectivity index (χ4n) is 1.58. The lowest BCUT2D eigenvalue weighted by Crippen LogP contribution is -2.04. The zero-order valence-electron chi connectivity index (χ0n) is 9.29. The van der Waals surface area contributed by atoms with Crippen molar-refractivity contribution < 1.29 is 0 Å². The van der Waals surface area contributed by atoms with Gasteiger partial charge in [0.25, 0.3) is 0 Å². The SMILES string of the molecule is Clc1cccc(CNc2ccc3nnnn3n2)c1. The Morgan fingerprint density at radius 2 is 2.17 bits per heavy atom. The largest absolute Gasteiger partial charge is 0.365 e. The summed E-state index contributed by atoms with van der Waals surface area (Å²) in [7, 11) is 0. The molecule has 3 aromatic rings. The van der Waals surface area contributed by atoms with Gasteiger partial charge in [-0.05, 0) is 40.3 Å². The zero-order valence-corrected chi connectivity index (χ0v) is 10.0. The van der Waals surface area contributed by atoms with E-state index in [2.05, 4.69) is 25.9 Å². The van der Waals surface area contributed by atoms with Crippen molar-refractivity contribution in [3.63, 3.8) is 0 Å². The van der Waals surface area contributed by atoms with Gasteiger partial charge >= 0.3 is 0 Å². The van der Waals surface area contributed by atoms with Gasteiger partial charge < -0.3 is 5.32 Å². The molecule has 0 saturated heterocycles. The third kappa shape index (κ3) is 2.23. The quantitative estimate of drug-likeness (QED) is 0.778. The molecular formula is C11H9ClN6. The van der Waals surface area contributed by atoms with Crippen molar-refractivity contribution in [1.29, 1.82) is 0 Å². The maximum Gasteiger partial charge on any atom is 0.200 e. The number of hydrogen-bond acceptors (Lipinski definition) is 5. The number of hydrogen-bond donors (Lipinski definition) is 1. The molecule has 0 saturated carbocycles. The maximum atomic E-state index is 5.92. The lowest BCUT2D eigenvalue weighted by molar-refractivity contribution is 0.734. The minimum atomic E-state index is 0.614. The first-order valence-corrected chi connectivity index (χ1v) is 5.73. The highest BCUT2D eigenvalue weighted by Gasteiger charge is 2.00. The van der Waals surface area contributed by atoms with Gasteiger partial charge in [0.05, 0.1) is 0 Å². The van der Waals surface area contributed by atoms with Gasteiger partial charge in [-0.15, -0.1) is 14.8 Å². The number of benzene rings is 1. The Morgan fingerprint density at radius 1 is 1.22 bits per heavy atom. The molecule has 3 rings (SSSR count). The van der Waals surface area contributed by atoms with E-state index >= 15 is 0 Å². The topological polar surface area (TPSA) is 68.0 Å². The van der Waals surface area contributed by atoms with Crippen molar-refractivity contribution in [3.8, 4) is 0 Å². The Kier molecular flexibility index (Phi) is 2.77. The van der Waals surface area contributed by atoms with E-state index in [9.17, 15) is 0 Å². The molecule has 2 aromatic heterocycles. The summed E-state index contributed by atoms with van der Waals surface area (Å²) in [5.74, 6) is 0.703.